The van der Waals surface area contributed by atoms with Gasteiger partial charge in [0.1, 0.15) is 5.82 Å². The summed E-state index contributed by atoms with van der Waals surface area (Å²) in [6.45, 7) is 0. The number of nitrogens with one attached hydrogen (secondary N) is 2. The van der Waals surface area contributed by atoms with Gasteiger partial charge in [-0.15, -0.1) is 12.4 Å². The summed E-state index contributed by atoms with van der Waals surface area (Å²) in [6.07, 6.45) is 9.28. The van der Waals surface area contributed by atoms with Crippen LogP contribution in [-0.2, 0) is 6.42 Å². The molecular weight excluding hydrogens is 314 g/mol. The zero-order valence-corrected chi connectivity index (χ0v) is 13.8. The van der Waals surface area contributed by atoms with E-state index in [1.54, 1.807) is 0 Å². The maximum atomic E-state index is 11.9. The quantitative estimate of drug-likeness (QED) is 0.784. The van der Waals surface area contributed by atoms with Crippen molar-refractivity contribution >= 4 is 29.5 Å². The van der Waals surface area contributed by atoms with Crippen molar-refractivity contribution in [3.8, 4) is 0 Å². The highest BCUT2D eigenvalue weighted by Crippen LogP contribution is 2.60. The van der Waals surface area contributed by atoms with Crippen LogP contribution in [0.1, 0.15) is 44.3 Å². The lowest BCUT2D eigenvalue weighted by Crippen LogP contribution is -2.47. The minimum atomic E-state index is -0.230. The average Bonchev–Trinajstić information content (AvgIpc) is 2.78. The number of halogens is 1. The van der Waals surface area contributed by atoms with Crippen molar-refractivity contribution in [1.82, 2.24) is 19.9 Å². The molecule has 4 aliphatic rings. The Labute approximate surface area is 140 Å². The Morgan fingerprint density at radius 2 is 1.65 bits per heavy atom. The topological polar surface area (TPSA) is 100 Å². The lowest BCUT2D eigenvalue weighted by atomic mass is 9.49. The summed E-state index contributed by atoms with van der Waals surface area (Å²) < 4.78 is 0. The molecule has 4 bridgehead atoms. The zero-order chi connectivity index (χ0) is 14.9. The highest BCUT2D eigenvalue weighted by molar-refractivity contribution is 5.85. The second-order valence-corrected chi connectivity index (χ2v) is 7.93. The van der Waals surface area contributed by atoms with Crippen LogP contribution in [0.2, 0.25) is 0 Å². The van der Waals surface area contributed by atoms with E-state index < -0.39 is 0 Å². The molecule has 0 unspecified atom stereocenters. The molecule has 0 aliphatic heterocycles. The molecule has 2 aromatic heterocycles. The number of nitrogens with two attached hydrogens (primary N) is 1. The normalized spacial score (nSPS) is 34.7. The van der Waals surface area contributed by atoms with E-state index in [0.29, 0.717) is 16.6 Å². The Kier molecular flexibility index (Phi) is 3.24. The van der Waals surface area contributed by atoms with Gasteiger partial charge in [0, 0.05) is 6.42 Å². The van der Waals surface area contributed by atoms with Gasteiger partial charge in [0.2, 0.25) is 5.95 Å². The van der Waals surface area contributed by atoms with Crippen LogP contribution >= 0.6 is 12.4 Å². The maximum Gasteiger partial charge on any atom is 0.278 e. The monoisotopic (exact) mass is 335 g/mol. The molecule has 4 saturated carbocycles. The van der Waals surface area contributed by atoms with Gasteiger partial charge in [-0.3, -0.25) is 9.78 Å². The molecule has 6 nitrogen and oxygen atoms in total. The molecular formula is C16H22ClN5O. The highest BCUT2D eigenvalue weighted by atomic mass is 35.5. The molecule has 124 valence electrons. The van der Waals surface area contributed by atoms with Crippen LogP contribution in [0.15, 0.2) is 4.79 Å². The first kappa shape index (κ1) is 15.0. The van der Waals surface area contributed by atoms with Gasteiger partial charge in [-0.1, -0.05) is 0 Å². The SMILES string of the molecule is Cl.Nc1nc2nc(CC34CC5CC(CC(C5)C3)C4)[nH]c2c(=O)[nH]1. The minimum absolute atomic E-state index is 0. The molecule has 4 aliphatic carbocycles. The van der Waals surface area contributed by atoms with Crippen molar-refractivity contribution in [1.29, 1.82) is 0 Å². The number of hydrogen-bond acceptors (Lipinski definition) is 4. The molecule has 4 fully saturated rings. The van der Waals surface area contributed by atoms with E-state index in [2.05, 4.69) is 19.9 Å². The molecule has 0 spiro atoms. The van der Waals surface area contributed by atoms with Gasteiger partial charge >= 0.3 is 0 Å². The summed E-state index contributed by atoms with van der Waals surface area (Å²) in [6, 6.07) is 0. The zero-order valence-electron chi connectivity index (χ0n) is 13.0. The molecule has 2 aromatic rings. The number of H-pyrrole nitrogens is 2. The van der Waals surface area contributed by atoms with Crippen molar-refractivity contribution < 1.29 is 0 Å². The predicted octanol–water partition coefficient (Wildman–Crippen LogP) is 2.41. The Hall–Kier alpha value is -1.56. The van der Waals surface area contributed by atoms with Crippen LogP contribution in [0.25, 0.3) is 11.2 Å². The van der Waals surface area contributed by atoms with Crippen molar-refractivity contribution in [2.24, 2.45) is 23.2 Å². The first-order chi connectivity index (χ1) is 10.6. The Morgan fingerprint density at radius 1 is 1.04 bits per heavy atom. The lowest BCUT2D eigenvalue weighted by molar-refractivity contribution is -0.0530. The number of imidazole rings is 1. The Balaban J connectivity index is 0.00000135. The van der Waals surface area contributed by atoms with Gasteiger partial charge in [0.05, 0.1) is 0 Å². The number of aromatic nitrogens is 4. The van der Waals surface area contributed by atoms with Crippen molar-refractivity contribution in [3.05, 3.63) is 16.2 Å². The molecule has 23 heavy (non-hydrogen) atoms. The number of fused-ring (bicyclic) bond motifs is 1. The van der Waals surface area contributed by atoms with E-state index in [1.165, 1.54) is 38.5 Å². The number of nitrogens with zero attached hydrogens (tertiary/aromatic N) is 2. The summed E-state index contributed by atoms with van der Waals surface area (Å²) in [5.74, 6) is 3.80. The first-order valence-electron chi connectivity index (χ1n) is 8.33. The largest absolute Gasteiger partial charge is 0.369 e. The van der Waals surface area contributed by atoms with Gasteiger partial charge in [-0.05, 0) is 61.7 Å². The summed E-state index contributed by atoms with van der Waals surface area (Å²) in [7, 11) is 0. The summed E-state index contributed by atoms with van der Waals surface area (Å²) in [5, 5.41) is 0. The fourth-order valence-corrected chi connectivity index (χ4v) is 5.92. The molecule has 2 heterocycles. The van der Waals surface area contributed by atoms with Crippen LogP contribution in [0.4, 0.5) is 5.95 Å². The van der Waals surface area contributed by atoms with Crippen LogP contribution < -0.4 is 11.3 Å². The van der Waals surface area contributed by atoms with Gasteiger partial charge in [0.15, 0.2) is 11.2 Å². The third-order valence-electron chi connectivity index (χ3n) is 6.14. The van der Waals surface area contributed by atoms with E-state index in [9.17, 15) is 4.79 Å². The first-order valence-corrected chi connectivity index (χ1v) is 8.33. The van der Waals surface area contributed by atoms with E-state index in [1.807, 2.05) is 0 Å². The number of rotatable bonds is 2. The smallest absolute Gasteiger partial charge is 0.278 e. The van der Waals surface area contributed by atoms with E-state index in [-0.39, 0.29) is 23.9 Å². The average molecular weight is 336 g/mol. The van der Waals surface area contributed by atoms with E-state index in [4.69, 9.17) is 5.73 Å². The van der Waals surface area contributed by atoms with Gasteiger partial charge in [0.25, 0.3) is 5.56 Å². The van der Waals surface area contributed by atoms with Gasteiger partial charge in [-0.25, -0.2) is 4.98 Å². The summed E-state index contributed by atoms with van der Waals surface area (Å²) in [4.78, 5) is 26.3. The molecule has 0 aromatic carbocycles. The van der Waals surface area contributed by atoms with E-state index >= 15 is 0 Å². The second-order valence-electron chi connectivity index (χ2n) is 7.93. The van der Waals surface area contributed by atoms with Crippen LogP contribution in [0.5, 0.6) is 0 Å². The molecule has 7 heteroatoms. The molecule has 0 amide bonds. The second kappa shape index (κ2) is 4.97. The number of anilines is 1. The molecule has 0 radical (unpaired) electrons. The number of nitrogen functional groups attached to an aromatic ring is 1. The molecule has 6 rings (SSSR count). The summed E-state index contributed by atoms with van der Waals surface area (Å²) >= 11 is 0. The highest BCUT2D eigenvalue weighted by Gasteiger charge is 2.51. The fraction of sp³-hybridized carbons (Fsp3) is 0.688. The minimum Gasteiger partial charge on any atom is -0.369 e. The molecule has 4 N–H and O–H groups in total. The van der Waals surface area contributed by atoms with Crippen molar-refractivity contribution in [3.63, 3.8) is 0 Å². The summed E-state index contributed by atoms with van der Waals surface area (Å²) in [5.41, 5.74) is 6.67. The lowest BCUT2D eigenvalue weighted by Gasteiger charge is -2.56. The van der Waals surface area contributed by atoms with Crippen LogP contribution in [0, 0.1) is 23.2 Å². The molecule has 0 atom stereocenters. The maximum absolute atomic E-state index is 11.9. The van der Waals surface area contributed by atoms with E-state index in [0.717, 1.165) is 30.0 Å². The third-order valence-corrected chi connectivity index (χ3v) is 6.14. The number of hydrogen-bond donors (Lipinski definition) is 3. The Bertz CT molecular complexity index is 775. The van der Waals surface area contributed by atoms with Crippen molar-refractivity contribution in [2.75, 3.05) is 5.73 Å². The standard InChI is InChI=1S/C16H21N5O.ClH/c17-15-20-13-12(14(22)21-15)18-11(19-13)7-16-4-8-1-9(5-16)3-10(2-8)6-16;/h8-10H,1-7H2,(H4,17,18,19,20,21,22);1H. The predicted molar refractivity (Wildman–Crippen MR) is 90.5 cm³/mol. The van der Waals surface area contributed by atoms with Crippen molar-refractivity contribution in [2.45, 2.75) is 44.9 Å². The van der Waals surface area contributed by atoms with Gasteiger partial charge < -0.3 is 10.7 Å². The molecule has 0 saturated heterocycles. The number of aromatic amines is 2. The third kappa shape index (κ3) is 2.35. The Morgan fingerprint density at radius 3 is 2.26 bits per heavy atom. The van der Waals surface area contributed by atoms with Crippen LogP contribution in [0.3, 0.4) is 0 Å². The fourth-order valence-electron chi connectivity index (χ4n) is 5.92. The van der Waals surface area contributed by atoms with Crippen LogP contribution in [-0.4, -0.2) is 19.9 Å². The van der Waals surface area contributed by atoms with Gasteiger partial charge in [-0.2, -0.15) is 4.98 Å².